The fraction of sp³-hybridized carbons (Fsp3) is 0.889. The first kappa shape index (κ1) is 8.20. The van der Waals surface area contributed by atoms with Crippen molar-refractivity contribution in [2.24, 2.45) is 5.92 Å². The summed E-state index contributed by atoms with van der Waals surface area (Å²) in [5.74, 6) is 0.639. The van der Waals surface area contributed by atoms with E-state index >= 15 is 0 Å². The summed E-state index contributed by atoms with van der Waals surface area (Å²) < 4.78 is 5.35. The number of methoxy groups -OCH3 is 1. The van der Waals surface area contributed by atoms with Crippen LogP contribution in [0.4, 0.5) is 0 Å². The Morgan fingerprint density at radius 1 is 1.58 bits per heavy atom. The quantitative estimate of drug-likeness (QED) is 0.662. The van der Waals surface area contributed by atoms with Gasteiger partial charge in [0.25, 0.3) is 0 Å². The minimum atomic E-state index is -0.471. The smallest absolute Gasteiger partial charge is 0.169 e. The van der Waals surface area contributed by atoms with E-state index in [-0.39, 0.29) is 0 Å². The molecule has 1 N–H and O–H groups in total. The molecule has 3 nitrogen and oxygen atoms in total. The van der Waals surface area contributed by atoms with Crippen molar-refractivity contribution in [1.82, 2.24) is 5.32 Å². The van der Waals surface area contributed by atoms with Gasteiger partial charge in [0.2, 0.25) is 0 Å². The molecule has 1 saturated heterocycles. The number of carbonyl (C=O) groups excluding carboxylic acids is 1. The Labute approximate surface area is 72.5 Å². The van der Waals surface area contributed by atoms with Crippen molar-refractivity contribution in [3.8, 4) is 0 Å². The van der Waals surface area contributed by atoms with Gasteiger partial charge in [-0.25, -0.2) is 0 Å². The second-order valence-electron chi connectivity index (χ2n) is 3.76. The summed E-state index contributed by atoms with van der Waals surface area (Å²) in [5, 5.41) is 3.18. The van der Waals surface area contributed by atoms with Gasteiger partial charge in [-0.2, -0.15) is 0 Å². The number of carbonyl (C=O) groups is 1. The average molecular weight is 169 g/mol. The molecule has 1 atom stereocenters. The maximum atomic E-state index is 11.8. The van der Waals surface area contributed by atoms with Crippen molar-refractivity contribution in [2.45, 2.75) is 24.9 Å². The molecule has 12 heavy (non-hydrogen) atoms. The van der Waals surface area contributed by atoms with E-state index in [0.717, 1.165) is 25.8 Å². The molecule has 3 heteroatoms. The van der Waals surface area contributed by atoms with Crippen molar-refractivity contribution in [3.05, 3.63) is 0 Å². The van der Waals surface area contributed by atoms with E-state index in [1.54, 1.807) is 7.11 Å². The summed E-state index contributed by atoms with van der Waals surface area (Å²) in [7, 11) is 1.65. The second-order valence-corrected chi connectivity index (χ2v) is 3.76. The molecule has 0 radical (unpaired) electrons. The van der Waals surface area contributed by atoms with Crippen molar-refractivity contribution in [1.29, 1.82) is 0 Å². The van der Waals surface area contributed by atoms with Crippen LogP contribution in [-0.2, 0) is 9.53 Å². The van der Waals surface area contributed by atoms with Crippen LogP contribution in [0.3, 0.4) is 0 Å². The molecule has 0 spiro atoms. The Kier molecular flexibility index (Phi) is 1.93. The zero-order valence-electron chi connectivity index (χ0n) is 7.43. The molecule has 0 bridgehead atoms. The van der Waals surface area contributed by atoms with Gasteiger partial charge in [-0.1, -0.05) is 0 Å². The lowest BCUT2D eigenvalue weighted by Gasteiger charge is -2.24. The predicted molar refractivity (Wildman–Crippen MR) is 45.0 cm³/mol. The summed E-state index contributed by atoms with van der Waals surface area (Å²) in [5.41, 5.74) is -0.471. The Balaban J connectivity index is 2.09. The number of nitrogens with one attached hydrogen (secondary N) is 1. The van der Waals surface area contributed by atoms with Crippen molar-refractivity contribution >= 4 is 5.78 Å². The highest BCUT2D eigenvalue weighted by molar-refractivity contribution is 5.91. The minimum Gasteiger partial charge on any atom is -0.369 e. The third-order valence-corrected chi connectivity index (χ3v) is 2.90. The van der Waals surface area contributed by atoms with Crippen LogP contribution in [-0.4, -0.2) is 31.6 Å². The summed E-state index contributed by atoms with van der Waals surface area (Å²) in [6.07, 6.45) is 2.99. The first-order chi connectivity index (χ1) is 5.78. The first-order valence-electron chi connectivity index (χ1n) is 4.59. The topological polar surface area (TPSA) is 38.3 Å². The lowest BCUT2D eigenvalue weighted by atomic mass is 9.94. The average Bonchev–Trinajstić information content (AvgIpc) is 2.83. The highest BCUT2D eigenvalue weighted by Gasteiger charge is 2.47. The van der Waals surface area contributed by atoms with Gasteiger partial charge in [-0.15, -0.1) is 0 Å². The monoisotopic (exact) mass is 169 g/mol. The largest absolute Gasteiger partial charge is 0.369 e. The lowest BCUT2D eigenvalue weighted by molar-refractivity contribution is -0.140. The number of hydrogen-bond donors (Lipinski definition) is 1. The van der Waals surface area contributed by atoms with Crippen molar-refractivity contribution in [2.75, 3.05) is 20.2 Å². The van der Waals surface area contributed by atoms with E-state index in [0.29, 0.717) is 18.2 Å². The fourth-order valence-corrected chi connectivity index (χ4v) is 1.87. The molecule has 1 unspecified atom stereocenters. The zero-order valence-corrected chi connectivity index (χ0v) is 7.43. The van der Waals surface area contributed by atoms with E-state index in [9.17, 15) is 4.79 Å². The maximum Gasteiger partial charge on any atom is 0.169 e. The fourth-order valence-electron chi connectivity index (χ4n) is 1.87. The number of hydrogen-bond acceptors (Lipinski definition) is 3. The van der Waals surface area contributed by atoms with Crippen LogP contribution in [0.15, 0.2) is 0 Å². The molecule has 1 aliphatic carbocycles. The third kappa shape index (κ3) is 1.17. The van der Waals surface area contributed by atoms with Crippen LogP contribution in [0.5, 0.6) is 0 Å². The Hall–Kier alpha value is -0.410. The lowest BCUT2D eigenvalue weighted by Crippen LogP contribution is -2.43. The summed E-state index contributed by atoms with van der Waals surface area (Å²) in [4.78, 5) is 11.8. The Morgan fingerprint density at radius 3 is 2.75 bits per heavy atom. The minimum absolute atomic E-state index is 0.310. The highest BCUT2D eigenvalue weighted by atomic mass is 16.5. The van der Waals surface area contributed by atoms with E-state index in [2.05, 4.69) is 5.32 Å². The number of ether oxygens (including phenoxy) is 1. The number of Topliss-reactive ketones (excluding diaryl/α,β-unsaturated/α-hetero) is 1. The van der Waals surface area contributed by atoms with Gasteiger partial charge in [-0.05, 0) is 25.8 Å². The number of rotatable bonds is 3. The molecule has 2 aliphatic rings. The molecular weight excluding hydrogens is 154 g/mol. The van der Waals surface area contributed by atoms with Crippen molar-refractivity contribution < 1.29 is 9.53 Å². The van der Waals surface area contributed by atoms with E-state index in [4.69, 9.17) is 4.74 Å². The van der Waals surface area contributed by atoms with Crippen molar-refractivity contribution in [3.63, 3.8) is 0 Å². The normalized spacial score (nSPS) is 35.4. The van der Waals surface area contributed by atoms with E-state index < -0.39 is 5.60 Å². The third-order valence-electron chi connectivity index (χ3n) is 2.90. The molecule has 0 aromatic carbocycles. The first-order valence-corrected chi connectivity index (χ1v) is 4.59. The van der Waals surface area contributed by atoms with Gasteiger partial charge in [0.15, 0.2) is 5.78 Å². The molecule has 68 valence electrons. The number of ketones is 1. The summed E-state index contributed by atoms with van der Waals surface area (Å²) in [6, 6.07) is 0. The molecule has 0 aromatic rings. The van der Waals surface area contributed by atoms with Gasteiger partial charge in [0.05, 0.1) is 0 Å². The van der Waals surface area contributed by atoms with Crippen LogP contribution in [0.1, 0.15) is 19.3 Å². The predicted octanol–water partition coefficient (Wildman–Crippen LogP) is 0.344. The molecule has 1 aliphatic heterocycles. The molecule has 2 rings (SSSR count). The highest BCUT2D eigenvalue weighted by Crippen LogP contribution is 2.36. The molecule has 1 saturated carbocycles. The summed E-state index contributed by atoms with van der Waals surface area (Å²) >= 11 is 0. The Morgan fingerprint density at radius 2 is 2.33 bits per heavy atom. The van der Waals surface area contributed by atoms with E-state index in [1.807, 2.05) is 0 Å². The van der Waals surface area contributed by atoms with Gasteiger partial charge < -0.3 is 10.1 Å². The van der Waals surface area contributed by atoms with Crippen LogP contribution in [0, 0.1) is 5.92 Å². The molecule has 2 fully saturated rings. The molecule has 1 heterocycles. The van der Waals surface area contributed by atoms with Gasteiger partial charge in [0, 0.05) is 19.6 Å². The molecular formula is C9H15NO2. The van der Waals surface area contributed by atoms with E-state index in [1.165, 1.54) is 0 Å². The summed E-state index contributed by atoms with van der Waals surface area (Å²) in [6.45, 7) is 1.62. The second kappa shape index (κ2) is 2.82. The standard InChI is InChI=1S/C9H15NO2/c1-12-9(4-5-10-6-9)8(11)7-2-3-7/h7,10H,2-6H2,1H3. The van der Waals surface area contributed by atoms with Gasteiger partial charge in [0.1, 0.15) is 5.60 Å². The maximum absolute atomic E-state index is 11.8. The van der Waals surface area contributed by atoms with Crippen LogP contribution in [0.25, 0.3) is 0 Å². The van der Waals surface area contributed by atoms with Gasteiger partial charge in [-0.3, -0.25) is 4.79 Å². The van der Waals surface area contributed by atoms with Crippen LogP contribution >= 0.6 is 0 Å². The SMILES string of the molecule is COC1(C(=O)C2CC2)CCNC1. The Bertz CT molecular complexity index is 193. The zero-order chi connectivity index (χ0) is 8.60. The van der Waals surface area contributed by atoms with Crippen LogP contribution in [0.2, 0.25) is 0 Å². The molecule has 0 amide bonds. The van der Waals surface area contributed by atoms with Gasteiger partial charge >= 0.3 is 0 Å². The van der Waals surface area contributed by atoms with Crippen LogP contribution < -0.4 is 5.32 Å². The molecule has 0 aromatic heterocycles.